The van der Waals surface area contributed by atoms with Crippen LogP contribution in [0.15, 0.2) is 48.5 Å². The summed E-state index contributed by atoms with van der Waals surface area (Å²) in [6, 6.07) is 14.1. The van der Waals surface area contributed by atoms with Crippen molar-refractivity contribution in [3.8, 4) is 0 Å². The molecule has 1 saturated carbocycles. The Bertz CT molecular complexity index is 1090. The van der Waals surface area contributed by atoms with Crippen LogP contribution in [-0.2, 0) is 26.2 Å². The van der Waals surface area contributed by atoms with Gasteiger partial charge in [0, 0.05) is 25.2 Å². The van der Waals surface area contributed by atoms with Crippen LogP contribution in [0.3, 0.4) is 0 Å². The number of carbonyl (C=O) groups excluding carboxylic acids is 2. The molecule has 0 aromatic heterocycles. The lowest BCUT2D eigenvalue weighted by atomic mass is 9.74. The molecule has 0 amide bonds. The molecule has 3 aliphatic heterocycles. The summed E-state index contributed by atoms with van der Waals surface area (Å²) >= 11 is 0. The zero-order chi connectivity index (χ0) is 25.2. The van der Waals surface area contributed by atoms with Gasteiger partial charge in [-0.1, -0.05) is 68.1 Å². The number of carbonyl (C=O) groups is 2. The first kappa shape index (κ1) is 25.1. The van der Waals surface area contributed by atoms with E-state index >= 15 is 0 Å². The second-order valence-corrected chi connectivity index (χ2v) is 11.2. The van der Waals surface area contributed by atoms with E-state index in [0.29, 0.717) is 16.9 Å². The number of fused-ring (bicyclic) bond motifs is 3. The van der Waals surface area contributed by atoms with E-state index in [1.54, 1.807) is 0 Å². The van der Waals surface area contributed by atoms with Crippen LogP contribution >= 0.6 is 0 Å². The molecule has 4 fully saturated rings. The molecule has 1 atom stereocenters. The summed E-state index contributed by atoms with van der Waals surface area (Å²) in [4.78, 5) is 26.8. The monoisotopic (exact) mass is 496 g/mol. The molecule has 4 aliphatic rings. The Hall–Kier alpha value is -2.60. The molecule has 0 unspecified atom stereocenters. The van der Waals surface area contributed by atoms with Crippen molar-refractivity contribution in [1.29, 1.82) is 0 Å². The summed E-state index contributed by atoms with van der Waals surface area (Å²) in [5, 5.41) is 0. The number of benzene rings is 2. The van der Waals surface area contributed by atoms with E-state index in [0.717, 1.165) is 76.1 Å². The van der Waals surface area contributed by atoms with Crippen LogP contribution in [0.5, 0.6) is 0 Å². The van der Waals surface area contributed by atoms with Crippen LogP contribution in [0.2, 0.25) is 0 Å². The van der Waals surface area contributed by atoms with E-state index in [1.807, 2.05) is 18.2 Å². The summed E-state index contributed by atoms with van der Waals surface area (Å²) in [6.07, 6.45) is 7.44. The van der Waals surface area contributed by atoms with Crippen molar-refractivity contribution in [1.82, 2.24) is 0 Å². The molecule has 2 aromatic rings. The minimum absolute atomic E-state index is 0.102. The summed E-state index contributed by atoms with van der Waals surface area (Å²) < 4.78 is 34.7. The predicted octanol–water partition coefficient (Wildman–Crippen LogP) is 5.52. The van der Waals surface area contributed by atoms with Crippen molar-refractivity contribution in [2.75, 3.05) is 26.2 Å². The normalized spacial score (nSPS) is 27.3. The van der Waals surface area contributed by atoms with Gasteiger partial charge in [0.25, 0.3) is 0 Å². The standard InChI is InChI=1S/C30H36F2NO3/c31-26-12-8-9-23(28(26)32)19-25(34)20-33-17-13-22(14-18-33)27(21-33)36-29(35)30(15-6-1-2-7-16-30)24-10-4-3-5-11-24/h3-5,8-12,22,27H,1-2,6-7,13-21H2/q+1/t22?,27-,33?/m0/s1. The molecular formula is C30H36F2NO3+. The highest BCUT2D eigenvalue weighted by Gasteiger charge is 2.51. The molecule has 36 heavy (non-hydrogen) atoms. The van der Waals surface area contributed by atoms with Gasteiger partial charge in [-0.05, 0) is 30.0 Å². The first-order chi connectivity index (χ1) is 17.4. The SMILES string of the molecule is O=C(Cc1cccc(F)c1F)C[N+]12CCC(CC1)[C@@H](OC(=O)C1(c3ccccc3)CCCCCC1)C2. The number of quaternary nitrogens is 1. The number of halogens is 2. The third kappa shape index (κ3) is 4.97. The Labute approximate surface area is 212 Å². The lowest BCUT2D eigenvalue weighted by Crippen LogP contribution is -2.66. The van der Waals surface area contributed by atoms with Gasteiger partial charge in [-0.3, -0.25) is 9.59 Å². The lowest BCUT2D eigenvalue weighted by molar-refractivity contribution is -0.939. The second kappa shape index (κ2) is 10.4. The highest BCUT2D eigenvalue weighted by Crippen LogP contribution is 2.42. The van der Waals surface area contributed by atoms with Crippen molar-refractivity contribution in [2.45, 2.75) is 69.3 Å². The summed E-state index contributed by atoms with van der Waals surface area (Å²) in [7, 11) is 0. The molecule has 6 rings (SSSR count). The summed E-state index contributed by atoms with van der Waals surface area (Å²) in [5.41, 5.74) is 0.555. The Morgan fingerprint density at radius 3 is 2.31 bits per heavy atom. The van der Waals surface area contributed by atoms with Gasteiger partial charge in [-0.25, -0.2) is 8.78 Å². The molecule has 2 aromatic carbocycles. The molecule has 1 aliphatic carbocycles. The molecular weight excluding hydrogens is 460 g/mol. The zero-order valence-electron chi connectivity index (χ0n) is 20.9. The Morgan fingerprint density at radius 1 is 0.917 bits per heavy atom. The third-order valence-corrected chi connectivity index (χ3v) is 8.91. The Morgan fingerprint density at radius 2 is 1.61 bits per heavy atom. The maximum atomic E-state index is 14.1. The van der Waals surface area contributed by atoms with Crippen molar-refractivity contribution in [3.63, 3.8) is 0 Å². The van der Waals surface area contributed by atoms with E-state index in [9.17, 15) is 18.4 Å². The number of Topliss-reactive ketones (excluding diaryl/α,β-unsaturated/α-hetero) is 1. The van der Waals surface area contributed by atoms with Crippen LogP contribution in [0.1, 0.15) is 62.5 Å². The maximum Gasteiger partial charge on any atom is 0.317 e. The predicted molar refractivity (Wildman–Crippen MR) is 133 cm³/mol. The van der Waals surface area contributed by atoms with Gasteiger partial charge in [-0.15, -0.1) is 0 Å². The van der Waals surface area contributed by atoms with Crippen molar-refractivity contribution in [3.05, 3.63) is 71.3 Å². The van der Waals surface area contributed by atoms with Crippen molar-refractivity contribution >= 4 is 11.8 Å². The summed E-state index contributed by atoms with van der Waals surface area (Å²) in [5.74, 6) is -1.76. The fourth-order valence-electron chi connectivity index (χ4n) is 6.85. The second-order valence-electron chi connectivity index (χ2n) is 11.2. The Kier molecular flexibility index (Phi) is 7.25. The van der Waals surface area contributed by atoms with E-state index < -0.39 is 17.0 Å². The number of rotatable bonds is 7. The van der Waals surface area contributed by atoms with Crippen LogP contribution < -0.4 is 0 Å². The third-order valence-electron chi connectivity index (χ3n) is 8.91. The van der Waals surface area contributed by atoms with Gasteiger partial charge in [0.1, 0.15) is 13.1 Å². The fraction of sp³-hybridized carbons (Fsp3) is 0.533. The van der Waals surface area contributed by atoms with Crippen molar-refractivity contribution in [2.24, 2.45) is 5.92 Å². The highest BCUT2D eigenvalue weighted by molar-refractivity contribution is 5.83. The van der Waals surface area contributed by atoms with E-state index in [4.69, 9.17) is 4.74 Å². The fourth-order valence-corrected chi connectivity index (χ4v) is 6.85. The van der Waals surface area contributed by atoms with Gasteiger partial charge in [-0.2, -0.15) is 0 Å². The van der Waals surface area contributed by atoms with Crippen LogP contribution in [0.4, 0.5) is 8.78 Å². The number of hydrogen-bond donors (Lipinski definition) is 0. The van der Waals surface area contributed by atoms with Crippen molar-refractivity contribution < 1.29 is 27.6 Å². The molecule has 0 radical (unpaired) electrons. The Balaban J connectivity index is 1.30. The minimum atomic E-state index is -0.940. The zero-order valence-corrected chi connectivity index (χ0v) is 20.9. The van der Waals surface area contributed by atoms with Gasteiger partial charge in [0.15, 0.2) is 23.5 Å². The van der Waals surface area contributed by atoms with Crippen LogP contribution in [0, 0.1) is 17.6 Å². The first-order valence-corrected chi connectivity index (χ1v) is 13.5. The molecule has 4 nitrogen and oxygen atoms in total. The minimum Gasteiger partial charge on any atom is -0.455 e. The maximum absolute atomic E-state index is 14.1. The number of ether oxygens (including phenoxy) is 1. The number of nitrogens with zero attached hydrogens (tertiary/aromatic N) is 1. The topological polar surface area (TPSA) is 43.4 Å². The number of hydrogen-bond acceptors (Lipinski definition) is 3. The van der Waals surface area contributed by atoms with E-state index in [2.05, 4.69) is 12.1 Å². The van der Waals surface area contributed by atoms with E-state index in [1.165, 1.54) is 12.1 Å². The largest absolute Gasteiger partial charge is 0.455 e. The van der Waals surface area contributed by atoms with Gasteiger partial charge in [0.05, 0.1) is 18.5 Å². The average molecular weight is 497 g/mol. The molecule has 2 bridgehead atoms. The molecule has 3 heterocycles. The average Bonchev–Trinajstić information content (AvgIpc) is 3.15. The van der Waals surface area contributed by atoms with E-state index in [-0.39, 0.29) is 36.4 Å². The number of esters is 1. The molecule has 0 N–H and O–H groups in total. The van der Waals surface area contributed by atoms with Crippen LogP contribution in [-0.4, -0.2) is 48.5 Å². The molecule has 0 spiro atoms. The van der Waals surface area contributed by atoms with Gasteiger partial charge >= 0.3 is 5.97 Å². The molecule has 192 valence electrons. The van der Waals surface area contributed by atoms with Gasteiger partial charge < -0.3 is 9.22 Å². The smallest absolute Gasteiger partial charge is 0.317 e. The van der Waals surface area contributed by atoms with Gasteiger partial charge in [0.2, 0.25) is 0 Å². The quantitative estimate of drug-likeness (QED) is 0.288. The van der Waals surface area contributed by atoms with Crippen LogP contribution in [0.25, 0.3) is 0 Å². The highest BCUT2D eigenvalue weighted by atomic mass is 19.2. The molecule has 3 saturated heterocycles. The number of piperidine rings is 3. The lowest BCUT2D eigenvalue weighted by Gasteiger charge is -2.52. The number of ketones is 1. The molecule has 6 heteroatoms. The first-order valence-electron chi connectivity index (χ1n) is 13.5. The summed E-state index contributed by atoms with van der Waals surface area (Å²) in [6.45, 7) is 2.61.